The Kier molecular flexibility index (Phi) is 5.64. The average molecular weight is 437 g/mol. The van der Waals surface area contributed by atoms with E-state index in [-0.39, 0.29) is 36.8 Å². The fraction of sp³-hybridized carbons (Fsp3) is 0.235. The van der Waals surface area contributed by atoms with Gasteiger partial charge in [0.25, 0.3) is 5.91 Å². The number of halogens is 5. The van der Waals surface area contributed by atoms with Crippen LogP contribution in [0.15, 0.2) is 35.2 Å². The minimum Gasteiger partial charge on any atom is -0.336 e. The highest BCUT2D eigenvalue weighted by atomic mass is 35.5. The molecule has 5 nitrogen and oxygen atoms in total. The molecule has 28 heavy (non-hydrogen) atoms. The molecular weight excluding hydrogens is 424 g/mol. The highest BCUT2D eigenvalue weighted by molar-refractivity contribution is 7.89. The summed E-state index contributed by atoms with van der Waals surface area (Å²) in [4.78, 5) is 12.9. The number of amides is 1. The Bertz CT molecular complexity index is 1040. The lowest BCUT2D eigenvalue weighted by molar-refractivity contribution is 0.0697. The van der Waals surface area contributed by atoms with Crippen LogP contribution < -0.4 is 0 Å². The Balaban J connectivity index is 1.76. The Hall–Kier alpha value is -2.17. The quantitative estimate of drug-likeness (QED) is 0.549. The topological polar surface area (TPSA) is 57.7 Å². The van der Waals surface area contributed by atoms with E-state index in [0.29, 0.717) is 24.3 Å². The van der Waals surface area contributed by atoms with Gasteiger partial charge in [0, 0.05) is 26.2 Å². The molecule has 0 radical (unpaired) electrons. The number of carbonyl (C=O) groups is 1. The molecule has 0 atom stereocenters. The third-order valence-electron chi connectivity index (χ3n) is 4.28. The normalized spacial score (nSPS) is 15.7. The van der Waals surface area contributed by atoms with Gasteiger partial charge in [-0.05, 0) is 30.3 Å². The molecule has 0 bridgehead atoms. The van der Waals surface area contributed by atoms with Gasteiger partial charge >= 0.3 is 0 Å². The summed E-state index contributed by atoms with van der Waals surface area (Å²) >= 11 is 5.79. The molecule has 1 aliphatic heterocycles. The summed E-state index contributed by atoms with van der Waals surface area (Å²) in [6, 6.07) is 3.45. The van der Waals surface area contributed by atoms with Gasteiger partial charge in [-0.25, -0.2) is 26.0 Å². The minimum atomic E-state index is -4.30. The third-order valence-corrected chi connectivity index (χ3v) is 6.50. The van der Waals surface area contributed by atoms with Gasteiger partial charge in [-0.15, -0.1) is 0 Å². The van der Waals surface area contributed by atoms with Gasteiger partial charge < -0.3 is 4.90 Å². The lowest BCUT2D eigenvalue weighted by Gasteiger charge is -2.34. The van der Waals surface area contributed by atoms with E-state index in [1.165, 1.54) is 4.90 Å². The molecule has 0 aliphatic carbocycles. The molecule has 0 spiro atoms. The number of sulfonamides is 1. The van der Waals surface area contributed by atoms with Crippen LogP contribution >= 0.6 is 11.6 Å². The number of piperazine rings is 1. The smallest absolute Gasteiger partial charge is 0.255 e. The number of rotatable bonds is 3. The maximum absolute atomic E-state index is 13.8. The van der Waals surface area contributed by atoms with E-state index >= 15 is 0 Å². The first-order valence-electron chi connectivity index (χ1n) is 8.00. The van der Waals surface area contributed by atoms with Gasteiger partial charge in [0.05, 0.1) is 10.6 Å². The Labute approximate surface area is 163 Å². The number of hydrogen-bond acceptors (Lipinski definition) is 3. The zero-order valence-electron chi connectivity index (χ0n) is 14.1. The van der Waals surface area contributed by atoms with E-state index in [2.05, 4.69) is 0 Å². The van der Waals surface area contributed by atoms with Crippen molar-refractivity contribution >= 4 is 27.5 Å². The van der Waals surface area contributed by atoms with Gasteiger partial charge in [0.15, 0.2) is 11.6 Å². The van der Waals surface area contributed by atoms with E-state index in [1.54, 1.807) is 0 Å². The van der Waals surface area contributed by atoms with Crippen LogP contribution in [0.1, 0.15) is 10.4 Å². The van der Waals surface area contributed by atoms with E-state index in [1.807, 2.05) is 0 Å². The lowest BCUT2D eigenvalue weighted by Crippen LogP contribution is -2.50. The molecule has 11 heteroatoms. The number of carbonyl (C=O) groups excluding carboxylic acids is 1. The fourth-order valence-electron chi connectivity index (χ4n) is 2.80. The maximum Gasteiger partial charge on any atom is 0.255 e. The van der Waals surface area contributed by atoms with E-state index in [0.717, 1.165) is 10.4 Å². The highest BCUT2D eigenvalue weighted by Gasteiger charge is 2.33. The Morgan fingerprint density at radius 1 is 0.893 bits per heavy atom. The van der Waals surface area contributed by atoms with E-state index in [4.69, 9.17) is 11.6 Å². The number of hydrogen-bond donors (Lipinski definition) is 0. The van der Waals surface area contributed by atoms with E-state index in [9.17, 15) is 30.8 Å². The molecule has 2 aromatic carbocycles. The first kappa shape index (κ1) is 20.6. The summed E-state index contributed by atoms with van der Waals surface area (Å²) < 4.78 is 79.7. The van der Waals surface area contributed by atoms with Gasteiger partial charge in [0.2, 0.25) is 10.0 Å². The molecule has 0 saturated carbocycles. The van der Waals surface area contributed by atoms with Crippen LogP contribution in [0, 0.1) is 23.3 Å². The van der Waals surface area contributed by atoms with Crippen LogP contribution in [0.3, 0.4) is 0 Å². The molecule has 1 amide bonds. The molecule has 1 heterocycles. The van der Waals surface area contributed by atoms with Crippen molar-refractivity contribution in [1.82, 2.24) is 9.21 Å². The van der Waals surface area contributed by atoms with Crippen LogP contribution in [0.2, 0.25) is 5.02 Å². The second-order valence-corrected chi connectivity index (χ2v) is 8.33. The van der Waals surface area contributed by atoms with Crippen LogP contribution in [0.4, 0.5) is 17.6 Å². The molecule has 150 valence electrons. The van der Waals surface area contributed by atoms with Crippen LogP contribution in [-0.4, -0.2) is 49.7 Å². The minimum absolute atomic E-state index is 0.0929. The predicted molar refractivity (Wildman–Crippen MR) is 92.4 cm³/mol. The van der Waals surface area contributed by atoms with Crippen LogP contribution in [0.5, 0.6) is 0 Å². The largest absolute Gasteiger partial charge is 0.336 e. The first-order chi connectivity index (χ1) is 13.1. The van der Waals surface area contributed by atoms with Crippen molar-refractivity contribution in [3.05, 3.63) is 64.2 Å². The van der Waals surface area contributed by atoms with Crippen molar-refractivity contribution in [3.63, 3.8) is 0 Å². The molecule has 2 aromatic rings. The summed E-state index contributed by atoms with van der Waals surface area (Å²) in [5.74, 6) is -5.13. The standard InChI is InChI=1S/C17H13ClF4N2O3S/c18-12-9-15(22)14(21)8-11(12)17(25)23-3-5-24(6-4-23)28(26,27)16-7-10(19)1-2-13(16)20/h1-2,7-9H,3-6H2. The first-order valence-corrected chi connectivity index (χ1v) is 9.82. The molecule has 1 aliphatic rings. The number of nitrogens with zero attached hydrogens (tertiary/aromatic N) is 2. The van der Waals surface area contributed by atoms with Gasteiger partial charge in [0.1, 0.15) is 16.5 Å². The average Bonchev–Trinajstić information content (AvgIpc) is 2.66. The summed E-state index contributed by atoms with van der Waals surface area (Å²) in [7, 11) is -4.30. The van der Waals surface area contributed by atoms with Gasteiger partial charge in [-0.1, -0.05) is 11.6 Å². The Morgan fingerprint density at radius 2 is 1.50 bits per heavy atom. The fourth-order valence-corrected chi connectivity index (χ4v) is 4.53. The van der Waals surface area contributed by atoms with Crippen molar-refractivity contribution in [3.8, 4) is 0 Å². The second kappa shape index (κ2) is 7.69. The maximum atomic E-state index is 13.8. The van der Waals surface area contributed by atoms with Crippen molar-refractivity contribution in [2.24, 2.45) is 0 Å². The van der Waals surface area contributed by atoms with Crippen molar-refractivity contribution in [2.45, 2.75) is 4.90 Å². The van der Waals surface area contributed by atoms with E-state index < -0.39 is 44.1 Å². The predicted octanol–water partition coefficient (Wildman–Crippen LogP) is 3.04. The monoisotopic (exact) mass is 436 g/mol. The van der Waals surface area contributed by atoms with Crippen LogP contribution in [0.25, 0.3) is 0 Å². The second-order valence-electron chi connectivity index (χ2n) is 6.02. The Morgan fingerprint density at radius 3 is 2.14 bits per heavy atom. The van der Waals surface area contributed by atoms with Crippen molar-refractivity contribution in [2.75, 3.05) is 26.2 Å². The molecular formula is C17H13ClF4N2O3S. The van der Waals surface area contributed by atoms with Crippen molar-refractivity contribution < 1.29 is 30.8 Å². The van der Waals surface area contributed by atoms with Crippen LogP contribution in [-0.2, 0) is 10.0 Å². The zero-order valence-corrected chi connectivity index (χ0v) is 15.7. The number of benzene rings is 2. The summed E-state index contributed by atoms with van der Waals surface area (Å²) in [5.41, 5.74) is -0.256. The summed E-state index contributed by atoms with van der Waals surface area (Å²) in [5, 5.41) is -0.277. The molecule has 3 rings (SSSR count). The zero-order chi connectivity index (χ0) is 20.6. The van der Waals surface area contributed by atoms with Crippen molar-refractivity contribution in [1.29, 1.82) is 0 Å². The summed E-state index contributed by atoms with van der Waals surface area (Å²) in [6.07, 6.45) is 0. The molecule has 0 unspecified atom stereocenters. The molecule has 1 fully saturated rings. The van der Waals surface area contributed by atoms with Gasteiger partial charge in [-0.3, -0.25) is 4.79 Å². The highest BCUT2D eigenvalue weighted by Crippen LogP contribution is 2.24. The molecule has 0 N–H and O–H groups in total. The lowest BCUT2D eigenvalue weighted by atomic mass is 10.1. The molecule has 1 saturated heterocycles. The van der Waals surface area contributed by atoms with Gasteiger partial charge in [-0.2, -0.15) is 4.31 Å². The SMILES string of the molecule is O=C(c1cc(F)c(F)cc1Cl)N1CCN(S(=O)(=O)c2cc(F)ccc2F)CC1. The summed E-state index contributed by atoms with van der Waals surface area (Å²) in [6.45, 7) is -0.564. The molecule has 0 aromatic heterocycles. The third kappa shape index (κ3) is 3.85.